The van der Waals surface area contributed by atoms with Crippen molar-refractivity contribution in [3.8, 4) is 0 Å². The van der Waals surface area contributed by atoms with Gasteiger partial charge in [-0.25, -0.2) is 17.9 Å². The highest BCUT2D eigenvalue weighted by Gasteiger charge is 2.21. The van der Waals surface area contributed by atoms with E-state index < -0.39 is 22.1 Å². The maximum Gasteiger partial charge on any atom is 0.338 e. The summed E-state index contributed by atoms with van der Waals surface area (Å²) >= 11 is 0. The number of nitrogens with one attached hydrogen (secondary N) is 1. The molecule has 1 rings (SSSR count). The molecule has 0 aliphatic heterocycles. The number of likely N-dealkylation sites (N-methyl/N-ethyl adjacent to an activating group) is 1. The van der Waals surface area contributed by atoms with Crippen molar-refractivity contribution in [1.82, 2.24) is 9.62 Å². The van der Waals surface area contributed by atoms with Gasteiger partial charge in [-0.3, -0.25) is 4.79 Å². The molecule has 1 aromatic rings. The Morgan fingerprint density at radius 1 is 1.29 bits per heavy atom. The van der Waals surface area contributed by atoms with Gasteiger partial charge in [0.25, 0.3) is 5.91 Å². The zero-order valence-corrected chi connectivity index (χ0v) is 13.1. The molecule has 8 heteroatoms. The van der Waals surface area contributed by atoms with Crippen LogP contribution in [0.4, 0.5) is 0 Å². The smallest absolute Gasteiger partial charge is 0.338 e. The molecule has 0 aliphatic rings. The van der Waals surface area contributed by atoms with Gasteiger partial charge in [-0.05, 0) is 32.2 Å². The number of sulfonamides is 1. The molecule has 7 nitrogen and oxygen atoms in total. The summed E-state index contributed by atoms with van der Waals surface area (Å²) in [5.41, 5.74) is 0.0599. The van der Waals surface area contributed by atoms with Crippen molar-refractivity contribution < 1.29 is 22.7 Å². The SMILES string of the molecule is CNS(=O)(=O)c1cccc(C(=O)O[C@@H](C)C(=O)N(C)C)c1. The van der Waals surface area contributed by atoms with Crippen LogP contribution in [0.1, 0.15) is 17.3 Å². The standard InChI is InChI=1S/C13H18N2O5S/c1-9(12(16)15(3)4)20-13(17)10-6-5-7-11(8-10)21(18,19)14-2/h5-9,14H,1-4H3/t9-/m0/s1. The van der Waals surface area contributed by atoms with Crippen molar-refractivity contribution in [2.24, 2.45) is 0 Å². The normalized spacial score (nSPS) is 12.6. The third kappa shape index (κ3) is 4.27. The minimum atomic E-state index is -3.65. The molecule has 0 aromatic heterocycles. The number of rotatable bonds is 5. The maximum absolute atomic E-state index is 11.9. The van der Waals surface area contributed by atoms with Crippen LogP contribution < -0.4 is 4.72 Å². The molecule has 116 valence electrons. The van der Waals surface area contributed by atoms with Crippen molar-refractivity contribution in [1.29, 1.82) is 0 Å². The second-order valence-corrected chi connectivity index (χ2v) is 6.40. The summed E-state index contributed by atoms with van der Waals surface area (Å²) < 4.78 is 30.5. The average molecular weight is 314 g/mol. The number of benzene rings is 1. The zero-order valence-electron chi connectivity index (χ0n) is 12.3. The van der Waals surface area contributed by atoms with Gasteiger partial charge in [0.15, 0.2) is 6.10 Å². The molecule has 21 heavy (non-hydrogen) atoms. The predicted molar refractivity (Wildman–Crippen MR) is 76.3 cm³/mol. The molecule has 0 heterocycles. The van der Waals surface area contributed by atoms with E-state index in [0.29, 0.717) is 0 Å². The Hall–Kier alpha value is -1.93. The molecule has 0 radical (unpaired) electrons. The molecule has 1 N–H and O–H groups in total. The Labute approximate surface area is 123 Å². The van der Waals surface area contributed by atoms with Crippen LogP contribution in [-0.2, 0) is 19.6 Å². The maximum atomic E-state index is 11.9. The van der Waals surface area contributed by atoms with Crippen molar-refractivity contribution in [3.05, 3.63) is 29.8 Å². The number of nitrogens with zero attached hydrogens (tertiary/aromatic N) is 1. The van der Waals surface area contributed by atoms with E-state index in [1.807, 2.05) is 0 Å². The summed E-state index contributed by atoms with van der Waals surface area (Å²) in [6, 6.07) is 5.40. The molecule has 0 aliphatic carbocycles. The zero-order chi connectivity index (χ0) is 16.2. The van der Waals surface area contributed by atoms with Crippen LogP contribution in [0.15, 0.2) is 29.2 Å². The Kier molecular flexibility index (Phi) is 5.45. The Morgan fingerprint density at radius 2 is 1.90 bits per heavy atom. The molecule has 0 saturated carbocycles. The molecule has 1 aromatic carbocycles. The summed E-state index contributed by atoms with van der Waals surface area (Å²) in [5.74, 6) is -1.12. The minimum absolute atomic E-state index is 0.0500. The van der Waals surface area contributed by atoms with E-state index in [1.54, 1.807) is 14.1 Å². The Balaban J connectivity index is 2.95. The summed E-state index contributed by atoms with van der Waals surface area (Å²) in [6.07, 6.45) is -0.947. The van der Waals surface area contributed by atoms with Crippen LogP contribution in [-0.4, -0.2) is 52.4 Å². The van der Waals surface area contributed by atoms with Gasteiger partial charge in [-0.2, -0.15) is 0 Å². The number of ether oxygens (including phenoxy) is 1. The number of esters is 1. The first kappa shape index (κ1) is 17.1. The topological polar surface area (TPSA) is 92.8 Å². The highest BCUT2D eigenvalue weighted by Crippen LogP contribution is 2.13. The number of amides is 1. The molecular weight excluding hydrogens is 296 g/mol. The van der Waals surface area contributed by atoms with E-state index in [1.165, 1.54) is 43.1 Å². The number of carbonyl (C=O) groups excluding carboxylic acids is 2. The first-order chi connectivity index (χ1) is 9.69. The molecule has 0 bridgehead atoms. The van der Waals surface area contributed by atoms with E-state index in [4.69, 9.17) is 4.74 Å². The van der Waals surface area contributed by atoms with E-state index >= 15 is 0 Å². The first-order valence-corrected chi connectivity index (χ1v) is 7.63. The molecule has 1 atom stereocenters. The monoisotopic (exact) mass is 314 g/mol. The second-order valence-electron chi connectivity index (χ2n) is 4.52. The predicted octanol–water partition coefficient (Wildman–Crippen LogP) is 0.228. The summed E-state index contributed by atoms with van der Waals surface area (Å²) in [6.45, 7) is 1.45. The third-order valence-corrected chi connectivity index (χ3v) is 4.13. The lowest BCUT2D eigenvalue weighted by atomic mass is 10.2. The number of carbonyl (C=O) groups is 2. The van der Waals surface area contributed by atoms with E-state index in [2.05, 4.69) is 4.72 Å². The van der Waals surface area contributed by atoms with Gasteiger partial charge in [0.05, 0.1) is 10.5 Å². The van der Waals surface area contributed by atoms with Gasteiger partial charge in [0, 0.05) is 14.1 Å². The van der Waals surface area contributed by atoms with Crippen LogP contribution in [0.3, 0.4) is 0 Å². The summed E-state index contributed by atoms with van der Waals surface area (Å²) in [7, 11) is 0.727. The van der Waals surface area contributed by atoms with Crippen LogP contribution >= 0.6 is 0 Å². The fraction of sp³-hybridized carbons (Fsp3) is 0.385. The van der Waals surface area contributed by atoms with Crippen molar-refractivity contribution in [3.63, 3.8) is 0 Å². The number of hydrogen-bond donors (Lipinski definition) is 1. The lowest BCUT2D eigenvalue weighted by Crippen LogP contribution is -2.34. The first-order valence-electron chi connectivity index (χ1n) is 6.15. The van der Waals surface area contributed by atoms with E-state index in [9.17, 15) is 18.0 Å². The molecule has 1 amide bonds. The Morgan fingerprint density at radius 3 is 2.43 bits per heavy atom. The average Bonchev–Trinajstić information content (AvgIpc) is 2.46. The van der Waals surface area contributed by atoms with Gasteiger partial charge < -0.3 is 9.64 Å². The van der Waals surface area contributed by atoms with E-state index in [0.717, 1.165) is 0 Å². The Bertz CT molecular complexity index is 640. The van der Waals surface area contributed by atoms with Crippen molar-refractivity contribution in [2.75, 3.05) is 21.1 Å². The molecule has 0 unspecified atom stereocenters. The summed E-state index contributed by atoms with van der Waals surface area (Å²) in [4.78, 5) is 24.8. The largest absolute Gasteiger partial charge is 0.449 e. The van der Waals surface area contributed by atoms with Gasteiger partial charge in [0.2, 0.25) is 10.0 Å². The van der Waals surface area contributed by atoms with Crippen molar-refractivity contribution >= 4 is 21.9 Å². The highest BCUT2D eigenvalue weighted by molar-refractivity contribution is 7.89. The van der Waals surface area contributed by atoms with E-state index in [-0.39, 0.29) is 16.4 Å². The second kappa shape index (κ2) is 6.68. The lowest BCUT2D eigenvalue weighted by Gasteiger charge is -2.17. The van der Waals surface area contributed by atoms with Gasteiger partial charge in [-0.15, -0.1) is 0 Å². The van der Waals surface area contributed by atoms with Crippen LogP contribution in [0.25, 0.3) is 0 Å². The molecule has 0 fully saturated rings. The molecule has 0 spiro atoms. The third-order valence-electron chi connectivity index (χ3n) is 2.72. The molecule has 0 saturated heterocycles. The van der Waals surface area contributed by atoms with Gasteiger partial charge >= 0.3 is 5.97 Å². The fourth-order valence-corrected chi connectivity index (χ4v) is 2.33. The van der Waals surface area contributed by atoms with Crippen molar-refractivity contribution in [2.45, 2.75) is 17.9 Å². The quantitative estimate of drug-likeness (QED) is 0.785. The van der Waals surface area contributed by atoms with Crippen LogP contribution in [0, 0.1) is 0 Å². The number of hydrogen-bond acceptors (Lipinski definition) is 5. The molecular formula is C13H18N2O5S. The fourth-order valence-electron chi connectivity index (χ4n) is 1.55. The highest BCUT2D eigenvalue weighted by atomic mass is 32.2. The lowest BCUT2D eigenvalue weighted by molar-refractivity contribution is -0.137. The van der Waals surface area contributed by atoms with Crippen LogP contribution in [0.2, 0.25) is 0 Å². The minimum Gasteiger partial charge on any atom is -0.449 e. The van der Waals surface area contributed by atoms with Gasteiger partial charge in [-0.1, -0.05) is 6.07 Å². The van der Waals surface area contributed by atoms with Crippen LogP contribution in [0.5, 0.6) is 0 Å². The van der Waals surface area contributed by atoms with Gasteiger partial charge in [0.1, 0.15) is 0 Å². The summed E-state index contributed by atoms with van der Waals surface area (Å²) in [5, 5.41) is 0.